The second kappa shape index (κ2) is 7.33. The highest BCUT2D eigenvalue weighted by Crippen LogP contribution is 2.24. The van der Waals surface area contributed by atoms with E-state index in [0.717, 1.165) is 49.6 Å². The van der Waals surface area contributed by atoms with Crippen LogP contribution in [-0.4, -0.2) is 46.0 Å². The molecule has 3 aromatic rings. The minimum Gasteiger partial charge on any atom is -0.371 e. The summed E-state index contributed by atoms with van der Waals surface area (Å²) < 4.78 is 7.23. The molecule has 1 saturated heterocycles. The second-order valence-corrected chi connectivity index (χ2v) is 7.03. The lowest BCUT2D eigenvalue weighted by Gasteiger charge is -2.37. The first kappa shape index (κ1) is 16.8. The van der Waals surface area contributed by atoms with Crippen LogP contribution in [0.5, 0.6) is 0 Å². The first-order chi connectivity index (χ1) is 12.7. The van der Waals surface area contributed by atoms with E-state index in [1.165, 1.54) is 5.69 Å². The number of anilines is 1. The minimum atomic E-state index is 0.583. The van der Waals surface area contributed by atoms with Crippen molar-refractivity contribution in [2.75, 3.05) is 25.0 Å². The lowest BCUT2D eigenvalue weighted by atomic mass is 10.0. The number of rotatable bonds is 5. The molecule has 0 N–H and O–H groups in total. The Morgan fingerprint density at radius 3 is 2.50 bits per heavy atom. The molecule has 6 heteroatoms. The van der Waals surface area contributed by atoms with Gasteiger partial charge in [0.05, 0.1) is 17.9 Å². The van der Waals surface area contributed by atoms with Crippen molar-refractivity contribution in [3.05, 3.63) is 60.2 Å². The van der Waals surface area contributed by atoms with Gasteiger partial charge in [-0.05, 0) is 57.1 Å². The van der Waals surface area contributed by atoms with Crippen LogP contribution < -0.4 is 4.90 Å². The van der Waals surface area contributed by atoms with Gasteiger partial charge in [-0.3, -0.25) is 4.90 Å². The molecule has 0 radical (unpaired) electrons. The number of hydrogen-bond acceptors (Lipinski definition) is 5. The largest absolute Gasteiger partial charge is 0.371 e. The highest BCUT2D eigenvalue weighted by atomic mass is 16.5. The SMILES string of the molecule is Cc1cc(CN(C)C2CCN(c3ccc(-n4cccn4)cc3)CC2)on1. The van der Waals surface area contributed by atoms with Gasteiger partial charge in [0.15, 0.2) is 5.76 Å². The Hall–Kier alpha value is -2.60. The standard InChI is InChI=1S/C20H25N5O/c1-16-14-20(26-22-16)15-23(2)17-8-12-24(13-9-17)18-4-6-19(7-5-18)25-11-3-10-21-25/h3-7,10-11,14,17H,8-9,12-13,15H2,1-2H3. The van der Waals surface area contributed by atoms with Crippen LogP contribution in [0.25, 0.3) is 5.69 Å². The predicted molar refractivity (Wildman–Crippen MR) is 102 cm³/mol. The van der Waals surface area contributed by atoms with Crippen molar-refractivity contribution in [1.29, 1.82) is 0 Å². The average molecular weight is 351 g/mol. The molecule has 0 bridgehead atoms. The summed E-state index contributed by atoms with van der Waals surface area (Å²) in [5, 5.41) is 8.26. The fourth-order valence-electron chi connectivity index (χ4n) is 3.67. The number of nitrogens with zero attached hydrogens (tertiary/aromatic N) is 5. The number of benzene rings is 1. The first-order valence-corrected chi connectivity index (χ1v) is 9.16. The Labute approximate surface area is 154 Å². The molecule has 1 aliphatic rings. The Balaban J connectivity index is 1.33. The molecule has 26 heavy (non-hydrogen) atoms. The van der Waals surface area contributed by atoms with E-state index in [1.54, 1.807) is 6.20 Å². The molecule has 0 spiro atoms. The van der Waals surface area contributed by atoms with Gasteiger partial charge in [-0.25, -0.2) is 4.68 Å². The summed E-state index contributed by atoms with van der Waals surface area (Å²) in [6.45, 7) is 4.93. The molecule has 4 rings (SSSR count). The van der Waals surface area contributed by atoms with E-state index < -0.39 is 0 Å². The Morgan fingerprint density at radius 1 is 1.15 bits per heavy atom. The highest BCUT2D eigenvalue weighted by Gasteiger charge is 2.23. The normalized spacial score (nSPS) is 15.7. The molecule has 0 amide bonds. The summed E-state index contributed by atoms with van der Waals surface area (Å²) in [5.74, 6) is 0.946. The third kappa shape index (κ3) is 3.65. The van der Waals surface area contributed by atoms with Crippen LogP contribution in [0.1, 0.15) is 24.3 Å². The number of aryl methyl sites for hydroxylation is 1. The van der Waals surface area contributed by atoms with Gasteiger partial charge in [-0.2, -0.15) is 5.10 Å². The number of hydrogen-bond donors (Lipinski definition) is 0. The van der Waals surface area contributed by atoms with Crippen LogP contribution in [0.2, 0.25) is 0 Å². The molecule has 6 nitrogen and oxygen atoms in total. The van der Waals surface area contributed by atoms with Gasteiger partial charge in [0.2, 0.25) is 0 Å². The molecule has 1 fully saturated rings. The van der Waals surface area contributed by atoms with E-state index in [0.29, 0.717) is 6.04 Å². The van der Waals surface area contributed by atoms with Gasteiger partial charge in [0.1, 0.15) is 0 Å². The Kier molecular flexibility index (Phi) is 4.75. The van der Waals surface area contributed by atoms with E-state index in [-0.39, 0.29) is 0 Å². The lowest BCUT2D eigenvalue weighted by Crippen LogP contribution is -2.43. The smallest absolute Gasteiger partial charge is 0.150 e. The van der Waals surface area contributed by atoms with Crippen LogP contribution >= 0.6 is 0 Å². The molecule has 2 aromatic heterocycles. The topological polar surface area (TPSA) is 50.3 Å². The maximum atomic E-state index is 5.35. The Bertz CT molecular complexity index is 816. The fraction of sp³-hybridized carbons (Fsp3) is 0.400. The highest BCUT2D eigenvalue weighted by molar-refractivity contribution is 5.51. The molecule has 136 valence electrons. The molecule has 1 aliphatic heterocycles. The molecular weight excluding hydrogens is 326 g/mol. The van der Waals surface area contributed by atoms with Gasteiger partial charge >= 0.3 is 0 Å². The van der Waals surface area contributed by atoms with Gasteiger partial charge < -0.3 is 9.42 Å². The van der Waals surface area contributed by atoms with Crippen molar-refractivity contribution >= 4 is 5.69 Å². The van der Waals surface area contributed by atoms with Crippen LogP contribution in [0.4, 0.5) is 5.69 Å². The van der Waals surface area contributed by atoms with Gasteiger partial charge in [0.25, 0.3) is 0 Å². The molecule has 0 unspecified atom stereocenters. The number of piperidine rings is 1. The van der Waals surface area contributed by atoms with Crippen LogP contribution in [0.15, 0.2) is 53.3 Å². The fourth-order valence-corrected chi connectivity index (χ4v) is 3.67. The first-order valence-electron chi connectivity index (χ1n) is 9.16. The van der Waals surface area contributed by atoms with Gasteiger partial charge in [-0.15, -0.1) is 0 Å². The summed E-state index contributed by atoms with van der Waals surface area (Å²) in [6.07, 6.45) is 6.08. The summed E-state index contributed by atoms with van der Waals surface area (Å²) in [6, 6.07) is 13.2. The van der Waals surface area contributed by atoms with Crippen LogP contribution in [0, 0.1) is 6.92 Å². The van der Waals surface area contributed by atoms with E-state index in [4.69, 9.17) is 4.52 Å². The van der Waals surface area contributed by atoms with Crippen molar-refractivity contribution in [3.8, 4) is 5.69 Å². The van der Waals surface area contributed by atoms with Crippen molar-refractivity contribution in [1.82, 2.24) is 19.8 Å². The second-order valence-electron chi connectivity index (χ2n) is 7.03. The molecule has 0 saturated carbocycles. The lowest BCUT2D eigenvalue weighted by molar-refractivity contribution is 0.180. The summed E-state index contributed by atoms with van der Waals surface area (Å²) in [5.41, 5.74) is 3.32. The van der Waals surface area contributed by atoms with E-state index >= 15 is 0 Å². The van der Waals surface area contributed by atoms with Crippen molar-refractivity contribution in [2.24, 2.45) is 0 Å². The maximum absolute atomic E-state index is 5.35. The average Bonchev–Trinajstić information content (AvgIpc) is 3.34. The third-order valence-corrected chi connectivity index (χ3v) is 5.15. The van der Waals surface area contributed by atoms with Gasteiger partial charge in [-0.1, -0.05) is 5.16 Å². The zero-order valence-electron chi connectivity index (χ0n) is 15.4. The molecule has 0 aliphatic carbocycles. The quantitative estimate of drug-likeness (QED) is 0.706. The van der Waals surface area contributed by atoms with Crippen molar-refractivity contribution in [2.45, 2.75) is 32.4 Å². The summed E-state index contributed by atoms with van der Waals surface area (Å²) >= 11 is 0. The molecule has 0 atom stereocenters. The third-order valence-electron chi connectivity index (χ3n) is 5.15. The molecular formula is C20H25N5O. The Morgan fingerprint density at radius 2 is 1.88 bits per heavy atom. The monoisotopic (exact) mass is 351 g/mol. The van der Waals surface area contributed by atoms with E-state index in [1.807, 2.05) is 29.9 Å². The number of aromatic nitrogens is 3. The zero-order valence-corrected chi connectivity index (χ0v) is 15.4. The van der Waals surface area contributed by atoms with Crippen LogP contribution in [0.3, 0.4) is 0 Å². The molecule has 1 aromatic carbocycles. The zero-order chi connectivity index (χ0) is 17.9. The molecule has 3 heterocycles. The van der Waals surface area contributed by atoms with Gasteiger partial charge in [0, 0.05) is 43.3 Å². The summed E-state index contributed by atoms with van der Waals surface area (Å²) in [4.78, 5) is 4.86. The maximum Gasteiger partial charge on any atom is 0.150 e. The van der Waals surface area contributed by atoms with Crippen LogP contribution in [-0.2, 0) is 6.54 Å². The summed E-state index contributed by atoms with van der Waals surface area (Å²) in [7, 11) is 2.18. The predicted octanol–water partition coefficient (Wildman–Crippen LogP) is 3.27. The minimum absolute atomic E-state index is 0.583. The van der Waals surface area contributed by atoms with E-state index in [2.05, 4.69) is 51.4 Å². The van der Waals surface area contributed by atoms with E-state index in [9.17, 15) is 0 Å². The van der Waals surface area contributed by atoms with Crippen molar-refractivity contribution < 1.29 is 4.52 Å². The van der Waals surface area contributed by atoms with Crippen molar-refractivity contribution in [3.63, 3.8) is 0 Å².